The Morgan fingerprint density at radius 2 is 1.79 bits per heavy atom. The van der Waals surface area contributed by atoms with Gasteiger partial charge in [-0.2, -0.15) is 0 Å². The zero-order chi connectivity index (χ0) is 14.4. The molecule has 1 aromatic carbocycles. The molecule has 0 radical (unpaired) electrons. The zero-order valence-electron chi connectivity index (χ0n) is 11.0. The number of halogens is 2. The summed E-state index contributed by atoms with van der Waals surface area (Å²) in [5, 5.41) is 0.837. The summed E-state index contributed by atoms with van der Waals surface area (Å²) in [5.74, 6) is -0.772. The van der Waals surface area contributed by atoms with Crippen molar-refractivity contribution in [2.75, 3.05) is 0 Å². The molecule has 5 heteroatoms. The van der Waals surface area contributed by atoms with Crippen LogP contribution < -0.4 is 0 Å². The van der Waals surface area contributed by atoms with Gasteiger partial charge in [0, 0.05) is 12.0 Å². The van der Waals surface area contributed by atoms with E-state index in [-0.39, 0.29) is 18.2 Å². The fourth-order valence-electron chi connectivity index (χ4n) is 2.33. The largest absolute Gasteiger partial charge is 0.277 e. The van der Waals surface area contributed by atoms with Crippen molar-refractivity contribution in [3.8, 4) is 0 Å². The van der Waals surface area contributed by atoms with Crippen molar-refractivity contribution < 1.29 is 9.59 Å². The van der Waals surface area contributed by atoms with E-state index < -0.39 is 11.5 Å². The van der Waals surface area contributed by atoms with E-state index in [1.54, 1.807) is 18.2 Å². The standard InChI is InChI=1S/C14H15Cl2NO2/c1-14(2,3)17-12(18)7-9(13(17)19)8-4-5-10(15)11(16)6-8/h4-6,9H,7H2,1-3H3. The molecule has 19 heavy (non-hydrogen) atoms. The van der Waals surface area contributed by atoms with Crippen molar-refractivity contribution in [1.29, 1.82) is 0 Å². The van der Waals surface area contributed by atoms with Gasteiger partial charge < -0.3 is 0 Å². The molecule has 1 unspecified atom stereocenters. The van der Waals surface area contributed by atoms with E-state index in [1.807, 2.05) is 20.8 Å². The van der Waals surface area contributed by atoms with E-state index >= 15 is 0 Å². The molecule has 1 aliphatic rings. The zero-order valence-corrected chi connectivity index (χ0v) is 12.5. The summed E-state index contributed by atoms with van der Waals surface area (Å²) >= 11 is 11.8. The fraction of sp³-hybridized carbons (Fsp3) is 0.429. The van der Waals surface area contributed by atoms with Crippen LogP contribution in [0, 0.1) is 0 Å². The Balaban J connectivity index is 2.35. The van der Waals surface area contributed by atoms with Crippen LogP contribution in [0.5, 0.6) is 0 Å². The van der Waals surface area contributed by atoms with Gasteiger partial charge in [-0.3, -0.25) is 14.5 Å². The van der Waals surface area contributed by atoms with Gasteiger partial charge in [-0.15, -0.1) is 0 Å². The van der Waals surface area contributed by atoms with Crippen LogP contribution in [0.3, 0.4) is 0 Å². The minimum Gasteiger partial charge on any atom is -0.277 e. The minimum atomic E-state index is -0.501. The van der Waals surface area contributed by atoms with Gasteiger partial charge in [0.25, 0.3) is 0 Å². The third kappa shape index (κ3) is 2.63. The van der Waals surface area contributed by atoms with Crippen LogP contribution >= 0.6 is 23.2 Å². The predicted molar refractivity (Wildman–Crippen MR) is 75.4 cm³/mol. The molecule has 0 spiro atoms. The van der Waals surface area contributed by atoms with Gasteiger partial charge in [0.1, 0.15) is 0 Å². The maximum atomic E-state index is 12.4. The maximum Gasteiger partial charge on any atom is 0.237 e. The molecule has 1 heterocycles. The molecule has 0 aliphatic carbocycles. The highest BCUT2D eigenvalue weighted by Crippen LogP contribution is 2.36. The number of hydrogen-bond acceptors (Lipinski definition) is 2. The normalized spacial score (nSPS) is 20.3. The molecular formula is C14H15Cl2NO2. The average molecular weight is 300 g/mol. The van der Waals surface area contributed by atoms with Crippen LogP contribution in [-0.4, -0.2) is 22.3 Å². The molecule has 0 saturated carbocycles. The van der Waals surface area contributed by atoms with E-state index in [2.05, 4.69) is 0 Å². The van der Waals surface area contributed by atoms with Crippen molar-refractivity contribution in [1.82, 2.24) is 4.90 Å². The van der Waals surface area contributed by atoms with Crippen molar-refractivity contribution in [3.63, 3.8) is 0 Å². The fourth-order valence-corrected chi connectivity index (χ4v) is 2.63. The molecule has 0 aromatic heterocycles. The van der Waals surface area contributed by atoms with Crippen LogP contribution in [0.25, 0.3) is 0 Å². The van der Waals surface area contributed by atoms with Gasteiger partial charge in [0.2, 0.25) is 11.8 Å². The highest BCUT2D eigenvalue weighted by molar-refractivity contribution is 6.42. The molecule has 1 atom stereocenters. The number of carbonyl (C=O) groups excluding carboxylic acids is 2. The van der Waals surface area contributed by atoms with Gasteiger partial charge in [-0.25, -0.2) is 0 Å². The summed E-state index contributed by atoms with van der Waals surface area (Å²) < 4.78 is 0. The van der Waals surface area contributed by atoms with Crippen LogP contribution in [0.1, 0.15) is 38.7 Å². The average Bonchev–Trinajstić information content (AvgIpc) is 2.57. The first-order valence-electron chi connectivity index (χ1n) is 6.03. The van der Waals surface area contributed by atoms with Crippen molar-refractivity contribution in [2.45, 2.75) is 38.6 Å². The molecule has 0 bridgehead atoms. The van der Waals surface area contributed by atoms with Gasteiger partial charge in [0.05, 0.1) is 16.0 Å². The predicted octanol–water partition coefficient (Wildman–Crippen LogP) is 3.63. The lowest BCUT2D eigenvalue weighted by Crippen LogP contribution is -2.45. The molecular weight excluding hydrogens is 285 g/mol. The highest BCUT2D eigenvalue weighted by atomic mass is 35.5. The Hall–Kier alpha value is -1.06. The highest BCUT2D eigenvalue weighted by Gasteiger charge is 2.44. The van der Waals surface area contributed by atoms with Gasteiger partial charge in [-0.1, -0.05) is 29.3 Å². The molecule has 102 valence electrons. The Morgan fingerprint density at radius 3 is 2.26 bits per heavy atom. The number of amides is 2. The summed E-state index contributed by atoms with van der Waals surface area (Å²) in [6.07, 6.45) is 0.189. The van der Waals surface area contributed by atoms with Gasteiger partial charge in [0.15, 0.2) is 0 Å². The number of hydrogen-bond donors (Lipinski definition) is 0. The quantitative estimate of drug-likeness (QED) is 0.743. The van der Waals surface area contributed by atoms with Crippen molar-refractivity contribution >= 4 is 35.0 Å². The summed E-state index contributed by atoms with van der Waals surface area (Å²) in [4.78, 5) is 25.7. The number of nitrogens with zero attached hydrogens (tertiary/aromatic N) is 1. The number of imide groups is 1. The Kier molecular flexibility index (Phi) is 3.63. The van der Waals surface area contributed by atoms with Crippen molar-refractivity contribution in [3.05, 3.63) is 33.8 Å². The maximum absolute atomic E-state index is 12.4. The molecule has 2 amide bonds. The Morgan fingerprint density at radius 1 is 1.16 bits per heavy atom. The van der Waals surface area contributed by atoms with E-state index in [0.29, 0.717) is 10.0 Å². The number of likely N-dealkylation sites (tertiary alicyclic amines) is 1. The topological polar surface area (TPSA) is 37.4 Å². The van der Waals surface area contributed by atoms with Crippen LogP contribution in [0.4, 0.5) is 0 Å². The third-order valence-corrected chi connectivity index (χ3v) is 3.90. The second-order valence-corrected chi connectivity index (χ2v) is 6.48. The van der Waals surface area contributed by atoms with Crippen LogP contribution in [0.2, 0.25) is 10.0 Å². The Bertz CT molecular complexity index is 549. The third-order valence-electron chi connectivity index (χ3n) is 3.16. The molecule has 1 aromatic rings. The molecule has 1 saturated heterocycles. The van der Waals surface area contributed by atoms with Gasteiger partial charge in [-0.05, 0) is 38.5 Å². The van der Waals surface area contributed by atoms with E-state index in [1.165, 1.54) is 4.90 Å². The van der Waals surface area contributed by atoms with Gasteiger partial charge >= 0.3 is 0 Å². The molecule has 2 rings (SSSR count). The second-order valence-electron chi connectivity index (χ2n) is 5.67. The summed E-state index contributed by atoms with van der Waals surface area (Å²) in [7, 11) is 0. The summed E-state index contributed by atoms with van der Waals surface area (Å²) in [6.45, 7) is 5.54. The molecule has 0 N–H and O–H groups in total. The first-order chi connectivity index (χ1) is 8.71. The lowest BCUT2D eigenvalue weighted by Gasteiger charge is -2.30. The molecule has 1 fully saturated rings. The monoisotopic (exact) mass is 299 g/mol. The number of rotatable bonds is 1. The van der Waals surface area contributed by atoms with Crippen LogP contribution in [0.15, 0.2) is 18.2 Å². The number of benzene rings is 1. The van der Waals surface area contributed by atoms with Crippen molar-refractivity contribution in [2.24, 2.45) is 0 Å². The van der Waals surface area contributed by atoms with Crippen LogP contribution in [-0.2, 0) is 9.59 Å². The molecule has 3 nitrogen and oxygen atoms in total. The van der Waals surface area contributed by atoms with E-state index in [4.69, 9.17) is 23.2 Å². The van der Waals surface area contributed by atoms with E-state index in [9.17, 15) is 9.59 Å². The smallest absolute Gasteiger partial charge is 0.237 e. The first-order valence-corrected chi connectivity index (χ1v) is 6.79. The Labute approximate surface area is 122 Å². The lowest BCUT2D eigenvalue weighted by atomic mass is 9.97. The number of carbonyl (C=O) groups is 2. The SMILES string of the molecule is CC(C)(C)N1C(=O)CC(c2ccc(Cl)c(Cl)c2)C1=O. The minimum absolute atomic E-state index is 0.145. The molecule has 1 aliphatic heterocycles. The summed E-state index contributed by atoms with van der Waals surface area (Å²) in [5.41, 5.74) is 0.235. The first kappa shape index (κ1) is 14.4. The lowest BCUT2D eigenvalue weighted by molar-refractivity contribution is -0.144. The summed E-state index contributed by atoms with van der Waals surface area (Å²) in [6, 6.07) is 5.05. The van der Waals surface area contributed by atoms with E-state index in [0.717, 1.165) is 5.56 Å². The second kappa shape index (κ2) is 4.80.